The van der Waals surface area contributed by atoms with Crippen molar-refractivity contribution >= 4 is 36.1 Å². The zero-order valence-electron chi connectivity index (χ0n) is 9.18. The van der Waals surface area contributed by atoms with Crippen LogP contribution in [-0.2, 0) is 14.3 Å². The van der Waals surface area contributed by atoms with Crippen LogP contribution in [0.2, 0.25) is 0 Å². The number of carbonyl (C=O) groups excluding carboxylic acids is 1. The second-order valence-corrected chi connectivity index (χ2v) is 4.20. The van der Waals surface area contributed by atoms with E-state index in [4.69, 9.17) is 10.8 Å². The van der Waals surface area contributed by atoms with Crippen molar-refractivity contribution in [2.24, 2.45) is 5.73 Å². The van der Waals surface area contributed by atoms with Gasteiger partial charge in [-0.05, 0) is 18.6 Å². The molecule has 96 valence electrons. The number of hydrogen-bond acceptors (Lipinski definition) is 5. The summed E-state index contributed by atoms with van der Waals surface area (Å²) < 4.78 is 4.48. The summed E-state index contributed by atoms with van der Waals surface area (Å²) in [7, 11) is 1.36. The Kier molecular flexibility index (Phi) is 12.4. The molecule has 5 nitrogen and oxygen atoms in total. The van der Waals surface area contributed by atoms with E-state index >= 15 is 0 Å². The summed E-state index contributed by atoms with van der Waals surface area (Å²) in [5.74, 6) is 0.0465. The Bertz CT molecular complexity index is 216. The van der Waals surface area contributed by atoms with Crippen molar-refractivity contribution < 1.29 is 19.4 Å². The molecule has 0 aliphatic carbocycles. The number of unbranched alkanes of at least 4 members (excludes halogenated alkanes) is 1. The van der Waals surface area contributed by atoms with E-state index < -0.39 is 12.0 Å². The quantitative estimate of drug-likeness (QED) is 0.504. The molecule has 0 amide bonds. The molecule has 3 N–H and O–H groups in total. The van der Waals surface area contributed by atoms with E-state index in [0.717, 1.165) is 18.6 Å². The molecule has 0 spiro atoms. The number of nitrogens with two attached hydrogens (primary N) is 1. The lowest BCUT2D eigenvalue weighted by Crippen LogP contribution is -2.32. The number of methoxy groups -OCH3 is 1. The van der Waals surface area contributed by atoms with Crippen molar-refractivity contribution in [3.8, 4) is 0 Å². The minimum Gasteiger partial charge on any atom is -0.480 e. The number of thioether (sulfide) groups is 1. The first kappa shape index (κ1) is 17.9. The molecule has 1 atom stereocenters. The van der Waals surface area contributed by atoms with Gasteiger partial charge in [0.2, 0.25) is 0 Å². The van der Waals surface area contributed by atoms with Gasteiger partial charge in [0.25, 0.3) is 0 Å². The van der Waals surface area contributed by atoms with Crippen LogP contribution in [0.5, 0.6) is 0 Å². The van der Waals surface area contributed by atoms with Crippen molar-refractivity contribution in [1.29, 1.82) is 0 Å². The molecule has 16 heavy (non-hydrogen) atoms. The number of esters is 1. The molecular formula is C9H18ClNO4S. The summed E-state index contributed by atoms with van der Waals surface area (Å²) in [6.07, 6.45) is 2.05. The number of carboxylic acids is 1. The van der Waals surface area contributed by atoms with Crippen LogP contribution >= 0.6 is 24.2 Å². The van der Waals surface area contributed by atoms with E-state index in [1.165, 1.54) is 18.9 Å². The number of carbonyl (C=O) groups is 2. The maximum atomic E-state index is 10.7. The Morgan fingerprint density at radius 1 is 1.44 bits per heavy atom. The minimum absolute atomic E-state index is 0. The van der Waals surface area contributed by atoms with Crippen LogP contribution in [0.3, 0.4) is 0 Å². The molecule has 0 saturated heterocycles. The van der Waals surface area contributed by atoms with Gasteiger partial charge in [-0.2, -0.15) is 11.8 Å². The number of ether oxygens (including phenoxy) is 1. The smallest absolute Gasteiger partial charge is 0.321 e. The Balaban J connectivity index is 0. The average Bonchev–Trinajstić information content (AvgIpc) is 2.22. The Morgan fingerprint density at radius 2 is 2.06 bits per heavy atom. The Labute approximate surface area is 106 Å². The predicted molar refractivity (Wildman–Crippen MR) is 66.1 cm³/mol. The highest BCUT2D eigenvalue weighted by Crippen LogP contribution is 2.07. The van der Waals surface area contributed by atoms with Crippen LogP contribution in [-0.4, -0.2) is 41.7 Å². The predicted octanol–water partition coefficient (Wildman–Crippen LogP) is 0.897. The molecule has 0 aliphatic heterocycles. The molecule has 0 aromatic carbocycles. The third-order valence-electron chi connectivity index (χ3n) is 1.76. The van der Waals surface area contributed by atoms with Gasteiger partial charge in [0, 0.05) is 12.2 Å². The lowest BCUT2D eigenvalue weighted by Gasteiger charge is -2.05. The highest BCUT2D eigenvalue weighted by atomic mass is 35.5. The summed E-state index contributed by atoms with van der Waals surface area (Å²) in [5, 5.41) is 8.49. The molecule has 0 radical (unpaired) electrons. The second-order valence-electron chi connectivity index (χ2n) is 3.05. The highest BCUT2D eigenvalue weighted by Gasteiger charge is 2.10. The van der Waals surface area contributed by atoms with Crippen LogP contribution in [0.15, 0.2) is 0 Å². The van der Waals surface area contributed by atoms with Gasteiger partial charge in [-0.15, -0.1) is 12.4 Å². The average molecular weight is 272 g/mol. The van der Waals surface area contributed by atoms with E-state index in [1.54, 1.807) is 0 Å². The number of carboxylic acid groups (broad SMARTS) is 1. The van der Waals surface area contributed by atoms with Crippen LogP contribution in [0.25, 0.3) is 0 Å². The van der Waals surface area contributed by atoms with E-state index in [0.29, 0.717) is 12.2 Å². The van der Waals surface area contributed by atoms with Crippen molar-refractivity contribution in [3.05, 3.63) is 0 Å². The molecule has 0 rings (SSSR count). The Morgan fingerprint density at radius 3 is 2.56 bits per heavy atom. The molecule has 0 aromatic heterocycles. The molecule has 0 heterocycles. The molecule has 0 saturated carbocycles. The van der Waals surface area contributed by atoms with Gasteiger partial charge in [-0.25, -0.2) is 0 Å². The number of aliphatic carboxylic acids is 1. The highest BCUT2D eigenvalue weighted by molar-refractivity contribution is 7.99. The number of rotatable bonds is 8. The summed E-state index contributed by atoms with van der Waals surface area (Å²) in [5.41, 5.74) is 5.31. The van der Waals surface area contributed by atoms with E-state index in [2.05, 4.69) is 4.74 Å². The molecule has 0 aliphatic rings. The van der Waals surface area contributed by atoms with Gasteiger partial charge >= 0.3 is 11.9 Å². The van der Waals surface area contributed by atoms with Gasteiger partial charge in [-0.1, -0.05) is 0 Å². The standard InChI is InChI=1S/C9H17NO4S.ClH/c1-14-8(11)4-2-3-5-15-6-7(10)9(12)13;/h7H,2-6,10H2,1H3,(H,12,13);1H. The molecular weight excluding hydrogens is 254 g/mol. The van der Waals surface area contributed by atoms with Crippen molar-refractivity contribution in [1.82, 2.24) is 0 Å². The van der Waals surface area contributed by atoms with Crippen LogP contribution in [0.1, 0.15) is 19.3 Å². The van der Waals surface area contributed by atoms with Crippen molar-refractivity contribution in [2.75, 3.05) is 18.6 Å². The van der Waals surface area contributed by atoms with Crippen LogP contribution < -0.4 is 5.73 Å². The van der Waals surface area contributed by atoms with Gasteiger partial charge in [0.1, 0.15) is 6.04 Å². The zero-order chi connectivity index (χ0) is 11.7. The summed E-state index contributed by atoms with van der Waals surface area (Å²) in [6.45, 7) is 0. The third kappa shape index (κ3) is 10.1. The zero-order valence-corrected chi connectivity index (χ0v) is 10.8. The third-order valence-corrected chi connectivity index (χ3v) is 2.93. The van der Waals surface area contributed by atoms with Crippen LogP contribution in [0, 0.1) is 0 Å². The number of halogens is 1. The Hall–Kier alpha value is -0.460. The molecule has 0 bridgehead atoms. The van der Waals surface area contributed by atoms with E-state index in [1.807, 2.05) is 0 Å². The van der Waals surface area contributed by atoms with Crippen molar-refractivity contribution in [2.45, 2.75) is 25.3 Å². The normalized spacial score (nSPS) is 11.4. The largest absolute Gasteiger partial charge is 0.480 e. The summed E-state index contributed by atoms with van der Waals surface area (Å²) in [4.78, 5) is 21.1. The fraction of sp³-hybridized carbons (Fsp3) is 0.778. The molecule has 7 heteroatoms. The molecule has 0 aromatic rings. The summed E-state index contributed by atoms with van der Waals surface area (Å²) in [6, 6.07) is -0.796. The monoisotopic (exact) mass is 271 g/mol. The second kappa shape index (κ2) is 11.0. The molecule has 1 unspecified atom stereocenters. The topological polar surface area (TPSA) is 89.6 Å². The first-order chi connectivity index (χ1) is 7.07. The summed E-state index contributed by atoms with van der Waals surface area (Å²) >= 11 is 1.49. The lowest BCUT2D eigenvalue weighted by molar-refractivity contribution is -0.140. The fourth-order valence-corrected chi connectivity index (χ4v) is 1.83. The van der Waals surface area contributed by atoms with Gasteiger partial charge < -0.3 is 15.6 Å². The van der Waals surface area contributed by atoms with Gasteiger partial charge in [-0.3, -0.25) is 9.59 Å². The van der Waals surface area contributed by atoms with E-state index in [9.17, 15) is 9.59 Å². The SMILES string of the molecule is COC(=O)CCCCSCC(N)C(=O)O.Cl. The first-order valence-corrected chi connectivity index (χ1v) is 5.86. The van der Waals surface area contributed by atoms with Gasteiger partial charge in [0.05, 0.1) is 7.11 Å². The van der Waals surface area contributed by atoms with Crippen LogP contribution in [0.4, 0.5) is 0 Å². The van der Waals surface area contributed by atoms with E-state index in [-0.39, 0.29) is 18.4 Å². The molecule has 0 fully saturated rings. The lowest BCUT2D eigenvalue weighted by atomic mass is 10.2. The van der Waals surface area contributed by atoms with Gasteiger partial charge in [0.15, 0.2) is 0 Å². The minimum atomic E-state index is -0.975. The fourth-order valence-electron chi connectivity index (χ4n) is 0.857. The maximum absolute atomic E-state index is 10.7. The van der Waals surface area contributed by atoms with Crippen molar-refractivity contribution in [3.63, 3.8) is 0 Å². The number of hydrogen-bond donors (Lipinski definition) is 2. The first-order valence-electron chi connectivity index (χ1n) is 4.71. The maximum Gasteiger partial charge on any atom is 0.321 e.